The second kappa shape index (κ2) is 8.45. The number of methoxy groups -OCH3 is 1. The van der Waals surface area contributed by atoms with Gasteiger partial charge >= 0.3 is 5.97 Å². The van der Waals surface area contributed by atoms with Crippen LogP contribution in [-0.4, -0.2) is 30.7 Å². The van der Waals surface area contributed by atoms with Crippen LogP contribution in [0.15, 0.2) is 60.7 Å². The van der Waals surface area contributed by atoms with Crippen molar-refractivity contribution in [2.24, 2.45) is 5.92 Å². The average Bonchev–Trinajstić information content (AvgIpc) is 3.60. The second-order valence-corrected chi connectivity index (χ2v) is 7.45. The summed E-state index contributed by atoms with van der Waals surface area (Å²) in [7, 11) is 1.61. The number of carbonyl (C=O) groups excluding carboxylic acids is 2. The minimum absolute atomic E-state index is 0.0374. The van der Waals surface area contributed by atoms with E-state index in [9.17, 15) is 14.7 Å². The Morgan fingerprint density at radius 1 is 1.07 bits per heavy atom. The first-order valence-electron chi connectivity index (χ1n) is 9.87. The van der Waals surface area contributed by atoms with Gasteiger partial charge in [-0.3, -0.25) is 4.79 Å². The molecule has 1 aliphatic carbocycles. The molecular weight excluding hydrogens is 382 g/mol. The van der Waals surface area contributed by atoms with Crippen LogP contribution in [0.1, 0.15) is 34.8 Å². The highest BCUT2D eigenvalue weighted by Gasteiger charge is 2.33. The number of carbonyl (C=O) groups is 2. The fourth-order valence-corrected chi connectivity index (χ4v) is 3.53. The van der Waals surface area contributed by atoms with Gasteiger partial charge in [0.05, 0.1) is 13.2 Å². The number of phenols is 1. The third-order valence-corrected chi connectivity index (χ3v) is 5.30. The van der Waals surface area contributed by atoms with Crippen LogP contribution in [0.4, 0.5) is 0 Å². The number of amides is 1. The van der Waals surface area contributed by atoms with Gasteiger partial charge in [-0.1, -0.05) is 36.4 Å². The van der Waals surface area contributed by atoms with Crippen molar-refractivity contribution in [3.8, 4) is 11.5 Å². The molecule has 1 unspecified atom stereocenters. The number of benzene rings is 3. The Balaban J connectivity index is 1.40. The molecule has 0 spiro atoms. The fourth-order valence-electron chi connectivity index (χ4n) is 3.53. The third kappa shape index (κ3) is 4.38. The Morgan fingerprint density at radius 2 is 1.73 bits per heavy atom. The van der Waals surface area contributed by atoms with E-state index in [1.54, 1.807) is 13.2 Å². The average molecular weight is 405 g/mol. The summed E-state index contributed by atoms with van der Waals surface area (Å²) >= 11 is 0. The van der Waals surface area contributed by atoms with Crippen LogP contribution in [0, 0.1) is 5.92 Å². The van der Waals surface area contributed by atoms with Crippen molar-refractivity contribution in [2.45, 2.75) is 18.9 Å². The number of rotatable bonds is 7. The van der Waals surface area contributed by atoms with Gasteiger partial charge in [-0.15, -0.1) is 0 Å². The molecule has 3 aromatic carbocycles. The molecule has 1 atom stereocenters. The van der Waals surface area contributed by atoms with E-state index < -0.39 is 12.6 Å². The maximum atomic E-state index is 12.4. The highest BCUT2D eigenvalue weighted by atomic mass is 16.5. The normalized spacial score (nSPS) is 14.2. The molecule has 0 aromatic heterocycles. The number of aromatic hydroxyl groups is 1. The van der Waals surface area contributed by atoms with Gasteiger partial charge in [0.1, 0.15) is 17.1 Å². The summed E-state index contributed by atoms with van der Waals surface area (Å²) in [6.45, 7) is -0.412. The maximum Gasteiger partial charge on any atom is 0.342 e. The maximum absolute atomic E-state index is 12.4. The molecule has 0 radical (unpaired) electrons. The van der Waals surface area contributed by atoms with Crippen molar-refractivity contribution in [2.75, 3.05) is 13.7 Å². The molecule has 6 nitrogen and oxygen atoms in total. The van der Waals surface area contributed by atoms with Gasteiger partial charge in [0, 0.05) is 0 Å². The highest BCUT2D eigenvalue weighted by Crippen LogP contribution is 2.41. The minimum atomic E-state index is -0.735. The molecule has 0 heterocycles. The van der Waals surface area contributed by atoms with Crippen LogP contribution in [0.2, 0.25) is 0 Å². The number of fused-ring (bicyclic) bond motifs is 1. The second-order valence-electron chi connectivity index (χ2n) is 7.45. The zero-order valence-electron chi connectivity index (χ0n) is 16.6. The van der Waals surface area contributed by atoms with Crippen molar-refractivity contribution in [3.63, 3.8) is 0 Å². The van der Waals surface area contributed by atoms with E-state index in [4.69, 9.17) is 9.47 Å². The van der Waals surface area contributed by atoms with E-state index in [1.165, 1.54) is 6.07 Å². The zero-order chi connectivity index (χ0) is 21.1. The SMILES string of the molecule is COc1ccc(C(NC(=O)COC(=O)c2cc3ccccc3cc2O)C2CC2)cc1. The number of hydrogen-bond acceptors (Lipinski definition) is 5. The summed E-state index contributed by atoms with van der Waals surface area (Å²) in [5, 5.41) is 14.7. The number of esters is 1. The van der Waals surface area contributed by atoms with Gasteiger partial charge < -0.3 is 19.9 Å². The highest BCUT2D eigenvalue weighted by molar-refractivity contribution is 5.99. The first-order valence-corrected chi connectivity index (χ1v) is 9.87. The van der Waals surface area contributed by atoms with Crippen LogP contribution in [-0.2, 0) is 9.53 Å². The summed E-state index contributed by atoms with van der Waals surface area (Å²) in [5.41, 5.74) is 1.03. The third-order valence-electron chi connectivity index (χ3n) is 5.30. The van der Waals surface area contributed by atoms with E-state index >= 15 is 0 Å². The number of ether oxygens (including phenoxy) is 2. The van der Waals surface area contributed by atoms with Gasteiger partial charge in [0.15, 0.2) is 6.61 Å². The summed E-state index contributed by atoms with van der Waals surface area (Å²) in [6.07, 6.45) is 2.09. The number of phenolic OH excluding ortho intramolecular Hbond substituents is 1. The van der Waals surface area contributed by atoms with Crippen molar-refractivity contribution in [1.29, 1.82) is 0 Å². The van der Waals surface area contributed by atoms with Gasteiger partial charge in [0.2, 0.25) is 0 Å². The van der Waals surface area contributed by atoms with Crippen molar-refractivity contribution >= 4 is 22.6 Å². The molecule has 30 heavy (non-hydrogen) atoms. The molecule has 3 aromatic rings. The van der Waals surface area contributed by atoms with Crippen LogP contribution >= 0.6 is 0 Å². The Morgan fingerprint density at radius 3 is 2.37 bits per heavy atom. The quantitative estimate of drug-likeness (QED) is 0.581. The zero-order valence-corrected chi connectivity index (χ0v) is 16.6. The first-order chi connectivity index (χ1) is 14.5. The summed E-state index contributed by atoms with van der Waals surface area (Å²) in [6, 6.07) is 17.9. The smallest absolute Gasteiger partial charge is 0.342 e. The van der Waals surface area contributed by atoms with Crippen molar-refractivity contribution in [1.82, 2.24) is 5.32 Å². The van der Waals surface area contributed by atoms with Crippen LogP contribution in [0.3, 0.4) is 0 Å². The van der Waals surface area contributed by atoms with E-state index in [1.807, 2.05) is 48.5 Å². The molecule has 1 amide bonds. The Hall–Kier alpha value is -3.54. The van der Waals surface area contributed by atoms with E-state index in [0.717, 1.165) is 34.9 Å². The van der Waals surface area contributed by atoms with E-state index in [2.05, 4.69) is 5.32 Å². The molecule has 1 aliphatic rings. The van der Waals surface area contributed by atoms with Crippen LogP contribution in [0.25, 0.3) is 10.8 Å². The van der Waals surface area contributed by atoms with E-state index in [0.29, 0.717) is 5.92 Å². The van der Waals surface area contributed by atoms with Crippen molar-refractivity contribution in [3.05, 3.63) is 71.8 Å². The molecule has 0 aliphatic heterocycles. The van der Waals surface area contributed by atoms with Crippen LogP contribution < -0.4 is 10.1 Å². The molecule has 0 bridgehead atoms. The molecule has 2 N–H and O–H groups in total. The summed E-state index contributed by atoms with van der Waals surface area (Å²) in [4.78, 5) is 24.8. The Kier molecular flexibility index (Phi) is 5.57. The Bertz CT molecular complexity index is 1070. The van der Waals surface area contributed by atoms with Gasteiger partial charge in [0.25, 0.3) is 5.91 Å². The standard InChI is InChI=1S/C24H23NO5/c1-29-19-10-8-16(9-11-19)23(15-6-7-15)25-22(27)14-30-24(28)20-12-17-4-2-3-5-18(17)13-21(20)26/h2-5,8-13,15,23,26H,6-7,14H2,1H3,(H,25,27). The molecular formula is C24H23NO5. The lowest BCUT2D eigenvalue weighted by Gasteiger charge is -2.19. The lowest BCUT2D eigenvalue weighted by molar-refractivity contribution is -0.125. The molecule has 0 saturated heterocycles. The molecule has 154 valence electrons. The molecule has 6 heteroatoms. The number of hydrogen-bond donors (Lipinski definition) is 2. The first kappa shape index (κ1) is 19.8. The monoisotopic (exact) mass is 405 g/mol. The minimum Gasteiger partial charge on any atom is -0.507 e. The van der Waals surface area contributed by atoms with E-state index in [-0.39, 0.29) is 23.3 Å². The molecule has 1 saturated carbocycles. The van der Waals surface area contributed by atoms with Crippen LogP contribution in [0.5, 0.6) is 11.5 Å². The predicted octanol–water partition coefficient (Wildman–Crippen LogP) is 3.98. The largest absolute Gasteiger partial charge is 0.507 e. The molecule has 1 fully saturated rings. The Labute approximate surface area is 174 Å². The van der Waals surface area contributed by atoms with Gasteiger partial charge in [-0.2, -0.15) is 0 Å². The van der Waals surface area contributed by atoms with Gasteiger partial charge in [-0.25, -0.2) is 4.79 Å². The van der Waals surface area contributed by atoms with Crippen molar-refractivity contribution < 1.29 is 24.2 Å². The topological polar surface area (TPSA) is 84.9 Å². The summed E-state index contributed by atoms with van der Waals surface area (Å²) < 4.78 is 10.3. The predicted molar refractivity (Wildman–Crippen MR) is 112 cm³/mol. The molecule has 4 rings (SSSR count). The lowest BCUT2D eigenvalue weighted by Crippen LogP contribution is -2.33. The summed E-state index contributed by atoms with van der Waals surface area (Å²) in [5.74, 6) is -0.156. The number of nitrogens with one attached hydrogen (secondary N) is 1. The van der Waals surface area contributed by atoms with Gasteiger partial charge in [-0.05, 0) is 59.4 Å². The lowest BCUT2D eigenvalue weighted by atomic mass is 10.0. The fraction of sp³-hybridized carbons (Fsp3) is 0.250.